The van der Waals surface area contributed by atoms with Gasteiger partial charge in [-0.2, -0.15) is 0 Å². The molecule has 1 atom stereocenters. The number of nitrogens with zero attached hydrogens (tertiary/aromatic N) is 3. The molecule has 6 heteroatoms. The Hall–Kier alpha value is -1.33. The van der Waals surface area contributed by atoms with E-state index in [1.165, 1.54) is 0 Å². The van der Waals surface area contributed by atoms with Gasteiger partial charge in [0.15, 0.2) is 0 Å². The number of aliphatic hydroxyl groups excluding tert-OH is 1. The van der Waals surface area contributed by atoms with E-state index in [9.17, 15) is 9.90 Å². The van der Waals surface area contributed by atoms with Crippen LogP contribution in [0.1, 0.15) is 48.9 Å². The fourth-order valence-corrected chi connectivity index (χ4v) is 3.80. The van der Waals surface area contributed by atoms with Gasteiger partial charge in [-0.25, -0.2) is 4.98 Å². The van der Waals surface area contributed by atoms with Crippen molar-refractivity contribution in [3.63, 3.8) is 0 Å². The largest absolute Gasteiger partial charge is 0.396 e. The molecule has 1 aromatic rings. The predicted molar refractivity (Wildman–Crippen MR) is 91.1 cm³/mol. The van der Waals surface area contributed by atoms with Crippen molar-refractivity contribution in [2.45, 2.75) is 44.6 Å². The Morgan fingerprint density at radius 3 is 2.70 bits per heavy atom. The molecule has 2 aliphatic rings. The zero-order chi connectivity index (χ0) is 16.2. The Bertz CT molecular complexity index is 559. The number of likely N-dealkylation sites (tertiary alicyclic amines) is 1. The van der Waals surface area contributed by atoms with Crippen LogP contribution in [0.15, 0.2) is 12.1 Å². The highest BCUT2D eigenvalue weighted by atomic mass is 35.5. The minimum Gasteiger partial charge on any atom is -0.396 e. The third-order valence-electron chi connectivity index (χ3n) is 4.81. The number of aliphatic hydroxyl groups is 1. The number of halogens is 1. The van der Waals surface area contributed by atoms with Crippen molar-refractivity contribution in [3.8, 4) is 0 Å². The lowest BCUT2D eigenvalue weighted by Crippen LogP contribution is -2.44. The molecule has 3 heterocycles. The molecule has 3 rings (SSSR count). The van der Waals surface area contributed by atoms with Gasteiger partial charge in [-0.1, -0.05) is 11.6 Å². The fraction of sp³-hybridized carbons (Fsp3) is 0.647. The zero-order valence-electron chi connectivity index (χ0n) is 13.4. The number of piperidine rings is 1. The molecule has 2 fully saturated rings. The van der Waals surface area contributed by atoms with Gasteiger partial charge in [-0.15, -0.1) is 0 Å². The van der Waals surface area contributed by atoms with E-state index in [-0.39, 0.29) is 18.6 Å². The van der Waals surface area contributed by atoms with E-state index in [0.717, 1.165) is 57.6 Å². The number of pyridine rings is 1. The van der Waals surface area contributed by atoms with Gasteiger partial charge in [0.2, 0.25) is 0 Å². The van der Waals surface area contributed by atoms with Gasteiger partial charge < -0.3 is 14.9 Å². The molecule has 23 heavy (non-hydrogen) atoms. The monoisotopic (exact) mass is 337 g/mol. The van der Waals surface area contributed by atoms with Crippen molar-refractivity contribution in [2.24, 2.45) is 0 Å². The second-order valence-electron chi connectivity index (χ2n) is 6.39. The first-order chi connectivity index (χ1) is 11.2. The van der Waals surface area contributed by atoms with Gasteiger partial charge in [0, 0.05) is 37.8 Å². The van der Waals surface area contributed by atoms with E-state index >= 15 is 0 Å². The molecular weight excluding hydrogens is 314 g/mol. The van der Waals surface area contributed by atoms with Gasteiger partial charge in [0.05, 0.1) is 0 Å². The van der Waals surface area contributed by atoms with E-state index < -0.39 is 0 Å². The van der Waals surface area contributed by atoms with E-state index in [0.29, 0.717) is 17.1 Å². The summed E-state index contributed by atoms with van der Waals surface area (Å²) in [4.78, 5) is 21.4. The first-order valence-corrected chi connectivity index (χ1v) is 8.91. The molecule has 1 unspecified atom stereocenters. The first kappa shape index (κ1) is 16.5. The van der Waals surface area contributed by atoms with Crippen LogP contribution in [0.5, 0.6) is 0 Å². The summed E-state index contributed by atoms with van der Waals surface area (Å²) in [6.07, 6.45) is 6.05. The Kier molecular flexibility index (Phi) is 5.38. The summed E-state index contributed by atoms with van der Waals surface area (Å²) in [6, 6.07) is 3.65. The molecule has 5 nitrogen and oxygen atoms in total. The van der Waals surface area contributed by atoms with Crippen molar-refractivity contribution in [2.75, 3.05) is 31.1 Å². The summed E-state index contributed by atoms with van der Waals surface area (Å²) in [6.45, 7) is 2.81. The van der Waals surface area contributed by atoms with Crippen molar-refractivity contribution >= 4 is 23.3 Å². The number of rotatable bonds is 4. The number of hydrogen-bond acceptors (Lipinski definition) is 4. The number of amides is 1. The SMILES string of the molecule is O=C(c1cc(Cl)nc(N2CCCC2)c1)N1CCCCC1CCO. The first-order valence-electron chi connectivity index (χ1n) is 8.53. The molecule has 0 bridgehead atoms. The van der Waals surface area contributed by atoms with Gasteiger partial charge in [0.25, 0.3) is 5.91 Å². The lowest BCUT2D eigenvalue weighted by atomic mass is 9.98. The summed E-state index contributed by atoms with van der Waals surface area (Å²) in [5, 5.41) is 9.61. The van der Waals surface area contributed by atoms with Gasteiger partial charge in [0.1, 0.15) is 11.0 Å². The molecule has 0 aromatic carbocycles. The lowest BCUT2D eigenvalue weighted by Gasteiger charge is -2.35. The summed E-state index contributed by atoms with van der Waals surface area (Å²) >= 11 is 6.16. The number of carbonyl (C=O) groups excluding carboxylic acids is 1. The van der Waals surface area contributed by atoms with Crippen LogP contribution < -0.4 is 4.90 Å². The van der Waals surface area contributed by atoms with Gasteiger partial charge >= 0.3 is 0 Å². The lowest BCUT2D eigenvalue weighted by molar-refractivity contribution is 0.0574. The average molecular weight is 338 g/mol. The predicted octanol–water partition coefficient (Wildman–Crippen LogP) is 2.71. The molecule has 1 amide bonds. The molecule has 126 valence electrons. The molecule has 0 saturated carbocycles. The Morgan fingerprint density at radius 1 is 1.22 bits per heavy atom. The molecular formula is C17H24ClN3O2. The van der Waals surface area contributed by atoms with Crippen LogP contribution >= 0.6 is 11.6 Å². The molecule has 1 aromatic heterocycles. The summed E-state index contributed by atoms with van der Waals surface area (Å²) < 4.78 is 0. The normalized spacial score (nSPS) is 21.7. The van der Waals surface area contributed by atoms with Crippen molar-refractivity contribution < 1.29 is 9.90 Å². The third kappa shape index (κ3) is 3.78. The quantitative estimate of drug-likeness (QED) is 0.858. The standard InChI is InChI=1S/C17H24ClN3O2/c18-15-11-13(12-16(19-15)20-7-3-4-8-20)17(23)21-9-2-1-5-14(21)6-10-22/h11-12,14,22H,1-10H2. The van der Waals surface area contributed by atoms with E-state index in [2.05, 4.69) is 9.88 Å². The zero-order valence-corrected chi connectivity index (χ0v) is 14.1. The maximum atomic E-state index is 12.9. The van der Waals surface area contributed by atoms with Crippen molar-refractivity contribution in [3.05, 3.63) is 22.8 Å². The number of carbonyl (C=O) groups is 1. The molecule has 0 radical (unpaired) electrons. The second kappa shape index (κ2) is 7.49. The van der Waals surface area contributed by atoms with E-state index in [1.807, 2.05) is 11.0 Å². The smallest absolute Gasteiger partial charge is 0.254 e. The maximum absolute atomic E-state index is 12.9. The Balaban J connectivity index is 1.83. The van der Waals surface area contributed by atoms with Crippen LogP contribution in [0.25, 0.3) is 0 Å². The highest BCUT2D eigenvalue weighted by molar-refractivity contribution is 6.29. The van der Waals surface area contributed by atoms with Crippen LogP contribution in [0.2, 0.25) is 5.15 Å². The maximum Gasteiger partial charge on any atom is 0.254 e. The van der Waals surface area contributed by atoms with Crippen LogP contribution in [-0.4, -0.2) is 53.2 Å². The molecule has 2 saturated heterocycles. The number of hydrogen-bond donors (Lipinski definition) is 1. The molecule has 0 aliphatic carbocycles. The summed E-state index contributed by atoms with van der Waals surface area (Å²) in [5.41, 5.74) is 0.608. The van der Waals surface area contributed by atoms with Crippen LogP contribution in [0.3, 0.4) is 0 Å². The fourth-order valence-electron chi connectivity index (χ4n) is 3.60. The van der Waals surface area contributed by atoms with Crippen molar-refractivity contribution in [1.82, 2.24) is 9.88 Å². The Labute approximate surface area is 142 Å². The topological polar surface area (TPSA) is 56.7 Å². The van der Waals surface area contributed by atoms with Crippen LogP contribution in [-0.2, 0) is 0 Å². The van der Waals surface area contributed by atoms with E-state index in [1.54, 1.807) is 6.07 Å². The van der Waals surface area contributed by atoms with Crippen molar-refractivity contribution in [1.29, 1.82) is 0 Å². The number of anilines is 1. The summed E-state index contributed by atoms with van der Waals surface area (Å²) in [7, 11) is 0. The summed E-state index contributed by atoms with van der Waals surface area (Å²) in [5.74, 6) is 0.807. The van der Waals surface area contributed by atoms with E-state index in [4.69, 9.17) is 11.6 Å². The number of aromatic nitrogens is 1. The van der Waals surface area contributed by atoms with Crippen LogP contribution in [0, 0.1) is 0 Å². The highest BCUT2D eigenvalue weighted by Gasteiger charge is 2.28. The molecule has 0 spiro atoms. The minimum atomic E-state index is 0.00731. The van der Waals surface area contributed by atoms with Gasteiger partial charge in [-0.05, 0) is 50.7 Å². The van der Waals surface area contributed by atoms with Crippen LogP contribution in [0.4, 0.5) is 5.82 Å². The average Bonchev–Trinajstić information content (AvgIpc) is 3.09. The van der Waals surface area contributed by atoms with Gasteiger partial charge in [-0.3, -0.25) is 4.79 Å². The molecule has 2 aliphatic heterocycles. The Morgan fingerprint density at radius 2 is 1.96 bits per heavy atom. The highest BCUT2D eigenvalue weighted by Crippen LogP contribution is 2.26. The minimum absolute atomic E-state index is 0.00731. The third-order valence-corrected chi connectivity index (χ3v) is 5.00. The molecule has 1 N–H and O–H groups in total. The second-order valence-corrected chi connectivity index (χ2v) is 6.78.